The van der Waals surface area contributed by atoms with Crippen LogP contribution < -0.4 is 10.1 Å². The Balaban J connectivity index is 1.92. The van der Waals surface area contributed by atoms with Crippen molar-refractivity contribution in [1.29, 1.82) is 0 Å². The molecule has 0 aliphatic rings. The summed E-state index contributed by atoms with van der Waals surface area (Å²) >= 11 is 0. The second kappa shape index (κ2) is 5.95. The van der Waals surface area contributed by atoms with Gasteiger partial charge in [0.15, 0.2) is 0 Å². The molecular weight excluding hydrogens is 253 g/mol. The number of ether oxygens (including phenoxy) is 1. The number of benzene rings is 2. The Morgan fingerprint density at radius 2 is 1.55 bits per heavy atom. The molecule has 0 unspecified atom stereocenters. The van der Waals surface area contributed by atoms with Crippen LogP contribution in [-0.4, -0.2) is 5.60 Å². The Bertz CT molecular complexity index is 541. The first-order valence-corrected chi connectivity index (χ1v) is 6.70. The monoisotopic (exact) mass is 273 g/mol. The Morgan fingerprint density at radius 3 is 2.10 bits per heavy atom. The number of rotatable bonds is 4. The van der Waals surface area contributed by atoms with E-state index >= 15 is 0 Å². The van der Waals surface area contributed by atoms with Crippen molar-refractivity contribution in [2.75, 3.05) is 5.32 Å². The van der Waals surface area contributed by atoms with Crippen molar-refractivity contribution in [3.8, 4) is 5.75 Å². The molecule has 2 rings (SSSR count). The molecule has 0 fully saturated rings. The fraction of sp³-hybridized carbons (Fsp3) is 0.294. The van der Waals surface area contributed by atoms with Gasteiger partial charge in [-0.05, 0) is 62.7 Å². The average molecular weight is 273 g/mol. The molecule has 0 aromatic heterocycles. The van der Waals surface area contributed by atoms with Crippen molar-refractivity contribution < 1.29 is 9.13 Å². The fourth-order valence-corrected chi connectivity index (χ4v) is 1.80. The first-order chi connectivity index (χ1) is 9.42. The summed E-state index contributed by atoms with van der Waals surface area (Å²) < 4.78 is 18.6. The first kappa shape index (κ1) is 14.4. The lowest BCUT2D eigenvalue weighted by molar-refractivity contribution is 0.131. The lowest BCUT2D eigenvalue weighted by Gasteiger charge is -2.21. The molecule has 0 amide bonds. The quantitative estimate of drug-likeness (QED) is 0.878. The molecule has 106 valence electrons. The van der Waals surface area contributed by atoms with E-state index in [4.69, 9.17) is 4.74 Å². The molecule has 2 nitrogen and oxygen atoms in total. The third-order valence-corrected chi connectivity index (χ3v) is 2.69. The first-order valence-electron chi connectivity index (χ1n) is 6.70. The second-order valence-corrected chi connectivity index (χ2v) is 5.72. The predicted molar refractivity (Wildman–Crippen MR) is 80.5 cm³/mol. The van der Waals surface area contributed by atoms with Gasteiger partial charge in [-0.25, -0.2) is 4.39 Å². The molecule has 0 radical (unpaired) electrons. The van der Waals surface area contributed by atoms with Gasteiger partial charge in [-0.3, -0.25) is 0 Å². The van der Waals surface area contributed by atoms with Gasteiger partial charge in [-0.15, -0.1) is 0 Å². The smallest absolute Gasteiger partial charge is 0.123 e. The topological polar surface area (TPSA) is 21.3 Å². The van der Waals surface area contributed by atoms with Gasteiger partial charge in [-0.2, -0.15) is 0 Å². The summed E-state index contributed by atoms with van der Waals surface area (Å²) in [6.45, 7) is 6.77. The Hall–Kier alpha value is -2.03. The maximum Gasteiger partial charge on any atom is 0.123 e. The highest BCUT2D eigenvalue weighted by Gasteiger charge is 2.11. The fourth-order valence-electron chi connectivity index (χ4n) is 1.80. The maximum atomic E-state index is 12.8. The highest BCUT2D eigenvalue weighted by atomic mass is 19.1. The van der Waals surface area contributed by atoms with Crippen LogP contribution >= 0.6 is 0 Å². The van der Waals surface area contributed by atoms with Crippen LogP contribution in [-0.2, 0) is 6.54 Å². The van der Waals surface area contributed by atoms with Crippen LogP contribution in [0.4, 0.5) is 10.1 Å². The van der Waals surface area contributed by atoms with Gasteiger partial charge in [0.05, 0.1) is 0 Å². The lowest BCUT2D eigenvalue weighted by atomic mass is 10.1. The van der Waals surface area contributed by atoms with Gasteiger partial charge in [0.1, 0.15) is 17.2 Å². The highest BCUT2D eigenvalue weighted by Crippen LogP contribution is 2.19. The molecule has 0 bridgehead atoms. The molecule has 0 saturated carbocycles. The zero-order valence-electron chi connectivity index (χ0n) is 12.1. The average Bonchev–Trinajstić information content (AvgIpc) is 2.38. The van der Waals surface area contributed by atoms with Crippen LogP contribution in [0.1, 0.15) is 26.3 Å². The van der Waals surface area contributed by atoms with Gasteiger partial charge in [-0.1, -0.05) is 12.1 Å². The van der Waals surface area contributed by atoms with Crippen LogP contribution in [0, 0.1) is 5.82 Å². The summed E-state index contributed by atoms with van der Waals surface area (Å²) in [6.07, 6.45) is 0. The summed E-state index contributed by atoms with van der Waals surface area (Å²) in [5.41, 5.74) is 1.87. The maximum absolute atomic E-state index is 12.8. The van der Waals surface area contributed by atoms with Crippen LogP contribution in [0.5, 0.6) is 5.75 Å². The molecule has 1 N–H and O–H groups in total. The summed E-state index contributed by atoms with van der Waals surface area (Å²) in [5, 5.41) is 3.25. The van der Waals surface area contributed by atoms with Crippen LogP contribution in [0.15, 0.2) is 48.5 Å². The molecule has 0 aliphatic carbocycles. The summed E-state index contributed by atoms with van der Waals surface area (Å²) in [5.74, 6) is 0.641. The summed E-state index contributed by atoms with van der Waals surface area (Å²) in [7, 11) is 0. The number of anilines is 1. The molecule has 2 aromatic rings. The number of halogens is 1. The molecule has 0 saturated heterocycles. The molecule has 0 atom stereocenters. The van der Waals surface area contributed by atoms with E-state index in [2.05, 4.69) is 5.32 Å². The number of hydrogen-bond donors (Lipinski definition) is 1. The third kappa shape index (κ3) is 4.57. The summed E-state index contributed by atoms with van der Waals surface area (Å²) in [4.78, 5) is 0. The molecule has 2 aromatic carbocycles. The predicted octanol–water partition coefficient (Wildman–Crippen LogP) is 4.62. The molecular formula is C17H20FNO. The van der Waals surface area contributed by atoms with Crippen molar-refractivity contribution in [2.24, 2.45) is 0 Å². The van der Waals surface area contributed by atoms with Crippen molar-refractivity contribution in [2.45, 2.75) is 32.9 Å². The molecule has 0 heterocycles. The van der Waals surface area contributed by atoms with Crippen molar-refractivity contribution in [1.82, 2.24) is 0 Å². The van der Waals surface area contributed by atoms with E-state index in [9.17, 15) is 4.39 Å². The standard InChI is InChI=1S/C17H20FNO/c1-17(2,3)20-16-10-4-13(5-11-16)12-19-15-8-6-14(18)7-9-15/h4-11,19H,12H2,1-3H3. The van der Waals surface area contributed by atoms with Gasteiger partial charge >= 0.3 is 0 Å². The van der Waals surface area contributed by atoms with E-state index in [1.54, 1.807) is 12.1 Å². The zero-order chi connectivity index (χ0) is 14.6. The summed E-state index contributed by atoms with van der Waals surface area (Å²) in [6, 6.07) is 14.3. The highest BCUT2D eigenvalue weighted by molar-refractivity contribution is 5.43. The van der Waals surface area contributed by atoms with Crippen molar-refractivity contribution >= 4 is 5.69 Å². The Labute approximate surface area is 119 Å². The zero-order valence-corrected chi connectivity index (χ0v) is 12.1. The normalized spacial score (nSPS) is 11.2. The van der Waals surface area contributed by atoms with Crippen LogP contribution in [0.2, 0.25) is 0 Å². The van der Waals surface area contributed by atoms with E-state index in [1.165, 1.54) is 12.1 Å². The Kier molecular flexibility index (Phi) is 4.28. The molecule has 3 heteroatoms. The number of hydrogen-bond acceptors (Lipinski definition) is 2. The third-order valence-electron chi connectivity index (χ3n) is 2.69. The van der Waals surface area contributed by atoms with Gasteiger partial charge in [0, 0.05) is 12.2 Å². The largest absolute Gasteiger partial charge is 0.488 e. The van der Waals surface area contributed by atoms with Gasteiger partial charge in [0.2, 0.25) is 0 Å². The Morgan fingerprint density at radius 1 is 0.950 bits per heavy atom. The second-order valence-electron chi connectivity index (χ2n) is 5.72. The van der Waals surface area contributed by atoms with Crippen molar-refractivity contribution in [3.05, 3.63) is 59.9 Å². The van der Waals surface area contributed by atoms with E-state index in [0.29, 0.717) is 6.54 Å². The van der Waals surface area contributed by atoms with E-state index in [1.807, 2.05) is 45.0 Å². The minimum absolute atomic E-state index is 0.187. The van der Waals surface area contributed by atoms with E-state index < -0.39 is 0 Å². The molecule has 0 aliphatic heterocycles. The van der Waals surface area contributed by atoms with Crippen LogP contribution in [0.25, 0.3) is 0 Å². The van der Waals surface area contributed by atoms with Crippen LogP contribution in [0.3, 0.4) is 0 Å². The van der Waals surface area contributed by atoms with Gasteiger partial charge < -0.3 is 10.1 Å². The number of nitrogens with one attached hydrogen (secondary N) is 1. The molecule has 0 spiro atoms. The van der Waals surface area contributed by atoms with Gasteiger partial charge in [0.25, 0.3) is 0 Å². The minimum atomic E-state index is -0.223. The minimum Gasteiger partial charge on any atom is -0.488 e. The SMILES string of the molecule is CC(C)(C)Oc1ccc(CNc2ccc(F)cc2)cc1. The molecule has 20 heavy (non-hydrogen) atoms. The lowest BCUT2D eigenvalue weighted by Crippen LogP contribution is -2.22. The van der Waals surface area contributed by atoms with E-state index in [0.717, 1.165) is 17.0 Å². The van der Waals surface area contributed by atoms with Crippen molar-refractivity contribution in [3.63, 3.8) is 0 Å². The van der Waals surface area contributed by atoms with E-state index in [-0.39, 0.29) is 11.4 Å².